The molecular weight excluding hydrogens is 368 g/mol. The third-order valence-corrected chi connectivity index (χ3v) is 5.86. The van der Waals surface area contributed by atoms with Gasteiger partial charge in [0, 0.05) is 44.1 Å². The van der Waals surface area contributed by atoms with Crippen LogP contribution in [-0.2, 0) is 4.79 Å². The van der Waals surface area contributed by atoms with Crippen LogP contribution < -0.4 is 10.2 Å². The first-order valence-corrected chi connectivity index (χ1v) is 10.2. The largest absolute Gasteiger partial charge is 0.459 e. The quantitative estimate of drug-likeness (QED) is 0.860. The SMILES string of the molecule is Cc1cc(NC(=O)[C@@H]2CCCN2C(=O)c2ccco2)ccc1N1CCN(C)CC1. The predicted molar refractivity (Wildman–Crippen MR) is 112 cm³/mol. The van der Waals surface area contributed by atoms with Crippen molar-refractivity contribution in [1.29, 1.82) is 0 Å². The lowest BCUT2D eigenvalue weighted by Gasteiger charge is -2.35. The molecule has 2 aliphatic rings. The van der Waals surface area contributed by atoms with E-state index in [0.29, 0.717) is 13.0 Å². The van der Waals surface area contributed by atoms with Crippen LogP contribution in [0.4, 0.5) is 11.4 Å². The van der Waals surface area contributed by atoms with E-state index in [1.807, 2.05) is 12.1 Å². The molecule has 154 valence electrons. The molecule has 1 aromatic carbocycles. The number of likely N-dealkylation sites (N-methyl/N-ethyl adjacent to an activating group) is 1. The van der Waals surface area contributed by atoms with E-state index in [2.05, 4.69) is 35.2 Å². The molecule has 0 radical (unpaired) electrons. The highest BCUT2D eigenvalue weighted by Crippen LogP contribution is 2.26. The van der Waals surface area contributed by atoms with Gasteiger partial charge in [0.05, 0.1) is 6.26 Å². The van der Waals surface area contributed by atoms with Gasteiger partial charge in [-0.15, -0.1) is 0 Å². The molecule has 0 bridgehead atoms. The van der Waals surface area contributed by atoms with Crippen molar-refractivity contribution in [2.24, 2.45) is 0 Å². The van der Waals surface area contributed by atoms with Gasteiger partial charge in [-0.2, -0.15) is 0 Å². The van der Waals surface area contributed by atoms with Gasteiger partial charge < -0.3 is 24.4 Å². The summed E-state index contributed by atoms with van der Waals surface area (Å²) < 4.78 is 5.22. The molecule has 3 heterocycles. The summed E-state index contributed by atoms with van der Waals surface area (Å²) in [5.41, 5.74) is 3.12. The number of piperazine rings is 1. The smallest absolute Gasteiger partial charge is 0.290 e. The molecule has 4 rings (SSSR count). The second-order valence-electron chi connectivity index (χ2n) is 7.91. The van der Waals surface area contributed by atoms with Crippen LogP contribution in [0.2, 0.25) is 0 Å². The Morgan fingerprint density at radius 1 is 1.10 bits per heavy atom. The van der Waals surface area contributed by atoms with Gasteiger partial charge in [0.2, 0.25) is 5.91 Å². The summed E-state index contributed by atoms with van der Waals surface area (Å²) >= 11 is 0. The summed E-state index contributed by atoms with van der Waals surface area (Å²) in [5.74, 6) is -0.0968. The standard InChI is InChI=1S/C22H28N4O3/c1-16-15-17(7-8-18(16)25-12-10-24(2)11-13-25)23-21(27)19-5-3-9-26(19)22(28)20-6-4-14-29-20/h4,6-8,14-15,19H,3,5,9-13H2,1-2H3,(H,23,27)/t19-/m0/s1. The van der Waals surface area contributed by atoms with Crippen molar-refractivity contribution in [2.75, 3.05) is 50.0 Å². The fraction of sp³-hybridized carbons (Fsp3) is 0.455. The molecule has 1 N–H and O–H groups in total. The van der Waals surface area contributed by atoms with Gasteiger partial charge in [-0.3, -0.25) is 9.59 Å². The number of carbonyl (C=O) groups excluding carboxylic acids is 2. The van der Waals surface area contributed by atoms with Gasteiger partial charge in [-0.25, -0.2) is 0 Å². The highest BCUT2D eigenvalue weighted by molar-refractivity contribution is 6.00. The Kier molecular flexibility index (Phi) is 5.58. The molecule has 1 aromatic heterocycles. The first kappa shape index (κ1) is 19.5. The van der Waals surface area contributed by atoms with Crippen molar-refractivity contribution < 1.29 is 14.0 Å². The van der Waals surface area contributed by atoms with E-state index in [1.165, 1.54) is 12.0 Å². The van der Waals surface area contributed by atoms with Gasteiger partial charge >= 0.3 is 0 Å². The number of carbonyl (C=O) groups is 2. The maximum Gasteiger partial charge on any atom is 0.290 e. The molecule has 7 heteroatoms. The van der Waals surface area contributed by atoms with Gasteiger partial charge in [0.25, 0.3) is 5.91 Å². The third kappa shape index (κ3) is 4.15. The molecule has 2 amide bonds. The van der Waals surface area contributed by atoms with E-state index in [0.717, 1.165) is 43.9 Å². The molecular formula is C22H28N4O3. The molecule has 2 saturated heterocycles. The number of hydrogen-bond donors (Lipinski definition) is 1. The molecule has 29 heavy (non-hydrogen) atoms. The molecule has 0 saturated carbocycles. The Morgan fingerprint density at radius 3 is 2.59 bits per heavy atom. The van der Waals surface area contributed by atoms with Crippen LogP contribution >= 0.6 is 0 Å². The Balaban J connectivity index is 1.42. The fourth-order valence-electron chi connectivity index (χ4n) is 4.19. The maximum atomic E-state index is 12.9. The van der Waals surface area contributed by atoms with Gasteiger partial charge in [0.15, 0.2) is 5.76 Å². The van der Waals surface area contributed by atoms with Crippen LogP contribution in [0, 0.1) is 6.92 Å². The predicted octanol–water partition coefficient (Wildman–Crippen LogP) is 2.58. The maximum absolute atomic E-state index is 12.9. The Bertz CT molecular complexity index is 872. The number of nitrogens with zero attached hydrogens (tertiary/aromatic N) is 3. The van der Waals surface area contributed by atoms with Crippen molar-refractivity contribution in [3.63, 3.8) is 0 Å². The van der Waals surface area contributed by atoms with Crippen LogP contribution in [0.3, 0.4) is 0 Å². The molecule has 0 aliphatic carbocycles. The van der Waals surface area contributed by atoms with Crippen molar-refractivity contribution in [3.05, 3.63) is 47.9 Å². The lowest BCUT2D eigenvalue weighted by Crippen LogP contribution is -2.44. The molecule has 1 atom stereocenters. The first-order valence-electron chi connectivity index (χ1n) is 10.2. The number of furan rings is 1. The minimum absolute atomic E-state index is 0.144. The molecule has 2 fully saturated rings. The van der Waals surface area contributed by atoms with Crippen molar-refractivity contribution in [1.82, 2.24) is 9.80 Å². The molecule has 7 nitrogen and oxygen atoms in total. The summed E-state index contributed by atoms with van der Waals surface area (Å²) in [6, 6.07) is 8.89. The number of rotatable bonds is 4. The van der Waals surface area contributed by atoms with E-state index in [9.17, 15) is 9.59 Å². The molecule has 2 aromatic rings. The van der Waals surface area contributed by atoms with E-state index in [-0.39, 0.29) is 17.6 Å². The van der Waals surface area contributed by atoms with Crippen LogP contribution in [0.15, 0.2) is 41.0 Å². The minimum Gasteiger partial charge on any atom is -0.459 e. The average molecular weight is 396 g/mol. The van der Waals surface area contributed by atoms with E-state index < -0.39 is 6.04 Å². The van der Waals surface area contributed by atoms with E-state index >= 15 is 0 Å². The van der Waals surface area contributed by atoms with E-state index in [1.54, 1.807) is 17.0 Å². The number of amides is 2. The summed E-state index contributed by atoms with van der Waals surface area (Å²) in [6.45, 7) is 6.77. The zero-order chi connectivity index (χ0) is 20.4. The normalized spacial score (nSPS) is 20.1. The Hall–Kier alpha value is -2.80. The summed E-state index contributed by atoms with van der Waals surface area (Å²) in [7, 11) is 2.14. The van der Waals surface area contributed by atoms with Gasteiger partial charge in [0.1, 0.15) is 6.04 Å². The van der Waals surface area contributed by atoms with Gasteiger partial charge in [-0.1, -0.05) is 0 Å². The zero-order valence-corrected chi connectivity index (χ0v) is 17.1. The fourth-order valence-corrected chi connectivity index (χ4v) is 4.19. The lowest BCUT2D eigenvalue weighted by molar-refractivity contribution is -0.119. The summed E-state index contributed by atoms with van der Waals surface area (Å²) in [4.78, 5) is 31.8. The van der Waals surface area contributed by atoms with Crippen LogP contribution in [0.25, 0.3) is 0 Å². The van der Waals surface area contributed by atoms with Crippen LogP contribution in [-0.4, -0.2) is 67.4 Å². The number of nitrogens with one attached hydrogen (secondary N) is 1. The second-order valence-corrected chi connectivity index (χ2v) is 7.91. The highest BCUT2D eigenvalue weighted by Gasteiger charge is 2.35. The topological polar surface area (TPSA) is 69.0 Å². The number of likely N-dealkylation sites (tertiary alicyclic amines) is 1. The Morgan fingerprint density at radius 2 is 1.90 bits per heavy atom. The van der Waals surface area contributed by atoms with Crippen molar-refractivity contribution in [3.8, 4) is 0 Å². The van der Waals surface area contributed by atoms with Crippen LogP contribution in [0.1, 0.15) is 29.0 Å². The zero-order valence-electron chi connectivity index (χ0n) is 17.1. The lowest BCUT2D eigenvalue weighted by atomic mass is 10.1. The Labute approximate surface area is 171 Å². The minimum atomic E-state index is -0.467. The second kappa shape index (κ2) is 8.29. The molecule has 0 spiro atoms. The van der Waals surface area contributed by atoms with Crippen molar-refractivity contribution >= 4 is 23.2 Å². The van der Waals surface area contributed by atoms with Gasteiger partial charge in [-0.05, 0) is 62.7 Å². The number of hydrogen-bond acceptors (Lipinski definition) is 5. The number of benzene rings is 1. The third-order valence-electron chi connectivity index (χ3n) is 5.86. The number of anilines is 2. The number of aryl methyl sites for hydroxylation is 1. The summed E-state index contributed by atoms with van der Waals surface area (Å²) in [5, 5.41) is 3.00. The molecule has 0 unspecified atom stereocenters. The summed E-state index contributed by atoms with van der Waals surface area (Å²) in [6.07, 6.45) is 2.95. The first-order chi connectivity index (χ1) is 14.0. The monoisotopic (exact) mass is 396 g/mol. The average Bonchev–Trinajstić information content (AvgIpc) is 3.41. The van der Waals surface area contributed by atoms with Crippen molar-refractivity contribution in [2.45, 2.75) is 25.8 Å². The van der Waals surface area contributed by atoms with Crippen LogP contribution in [0.5, 0.6) is 0 Å². The van der Waals surface area contributed by atoms with E-state index in [4.69, 9.17) is 4.42 Å². The molecule has 2 aliphatic heterocycles. The highest BCUT2D eigenvalue weighted by atomic mass is 16.3.